The van der Waals surface area contributed by atoms with E-state index >= 15 is 0 Å². The molecule has 0 saturated heterocycles. The fourth-order valence-electron chi connectivity index (χ4n) is 4.72. The fraction of sp³-hybridized carbons (Fsp3) is 0.167. The van der Waals surface area contributed by atoms with E-state index in [1.165, 1.54) is 54.2 Å². The third kappa shape index (κ3) is 4.16. The van der Waals surface area contributed by atoms with E-state index in [0.717, 1.165) is 10.6 Å². The molecule has 1 N–H and O–H groups in total. The first-order valence-electron chi connectivity index (χ1n) is 9.99. The van der Waals surface area contributed by atoms with Crippen LogP contribution < -0.4 is 0 Å². The van der Waals surface area contributed by atoms with Crippen molar-refractivity contribution in [3.05, 3.63) is 71.8 Å². The molecular formula is C24H17F3O4SSe. The molecule has 0 bridgehead atoms. The quantitative estimate of drug-likeness (QED) is 0.142. The Morgan fingerprint density at radius 3 is 1.61 bits per heavy atom. The number of hydrogen-bond donors (Lipinski definition) is 1. The molecule has 0 amide bonds. The summed E-state index contributed by atoms with van der Waals surface area (Å²) in [7, 11) is -5.16. The van der Waals surface area contributed by atoms with Crippen molar-refractivity contribution >= 4 is 67.4 Å². The molecule has 0 radical (unpaired) electrons. The SMILES string of the molecule is O=S(=O)([O-])CC(F)(F)F.O[Se+]1Cc2ccc3cccc4c5cccc6ccc(c(c2c34)c65)C1. The summed E-state index contributed by atoms with van der Waals surface area (Å²) in [5.41, 5.74) is 2.67. The van der Waals surface area contributed by atoms with E-state index in [4.69, 9.17) is 0 Å². The Kier molecular flexibility index (Phi) is 5.30. The molecular weight excluding hydrogens is 520 g/mol. The van der Waals surface area contributed by atoms with E-state index in [1.54, 1.807) is 0 Å². The molecule has 0 unspecified atom stereocenters. The summed E-state index contributed by atoms with van der Waals surface area (Å²) < 4.78 is 71.7. The van der Waals surface area contributed by atoms with Gasteiger partial charge in [0.2, 0.25) is 0 Å². The minimum atomic E-state index is -5.16. The standard InChI is InChI=1S/C22H15OSe.C2H3F3O3S/c23-24-11-15-9-7-13-3-1-5-17-18-6-2-4-14-8-10-16(12-24)22(20(14)18)21(15)19(13)17;3-2(4,5)1-9(6,7)8/h1-10,23H,11-12H2;1H2,(H,6,7,8)/q+1;/p-1. The molecule has 5 aromatic rings. The zero-order valence-electron chi connectivity index (χ0n) is 17.0. The molecule has 6 rings (SSSR count). The summed E-state index contributed by atoms with van der Waals surface area (Å²) >= 11 is -1.61. The van der Waals surface area contributed by atoms with Crippen LogP contribution >= 0.6 is 0 Å². The first-order valence-corrected chi connectivity index (χ1v) is 14.8. The zero-order chi connectivity index (χ0) is 23.5. The van der Waals surface area contributed by atoms with E-state index in [9.17, 15) is 30.3 Å². The van der Waals surface area contributed by atoms with Gasteiger partial charge in [-0.3, -0.25) is 0 Å². The number of rotatable bonds is 1. The van der Waals surface area contributed by atoms with Crippen molar-refractivity contribution in [1.29, 1.82) is 0 Å². The Morgan fingerprint density at radius 1 is 0.788 bits per heavy atom. The maximum atomic E-state index is 11.0. The molecule has 0 fully saturated rings. The summed E-state index contributed by atoms with van der Waals surface area (Å²) in [5, 5.41) is 12.6. The fourth-order valence-corrected chi connectivity index (χ4v) is 7.85. The van der Waals surface area contributed by atoms with Crippen LogP contribution in [0.25, 0.3) is 43.1 Å². The Balaban J connectivity index is 0.000000219. The molecule has 0 atom stereocenters. The average molecular weight is 537 g/mol. The van der Waals surface area contributed by atoms with Crippen molar-refractivity contribution in [3.63, 3.8) is 0 Å². The number of hydrogen-bond acceptors (Lipinski definition) is 4. The van der Waals surface area contributed by atoms with Crippen LogP contribution in [-0.4, -0.2) is 43.3 Å². The van der Waals surface area contributed by atoms with E-state index in [1.807, 2.05) is 0 Å². The van der Waals surface area contributed by atoms with Crippen molar-refractivity contribution < 1.29 is 30.3 Å². The average Bonchev–Trinajstić information content (AvgIpc) is 2.86. The van der Waals surface area contributed by atoms with Crippen LogP contribution in [0.2, 0.25) is 0 Å². The molecule has 170 valence electrons. The van der Waals surface area contributed by atoms with Crippen LogP contribution in [0.5, 0.6) is 0 Å². The van der Waals surface area contributed by atoms with Gasteiger partial charge in [0.1, 0.15) is 15.9 Å². The van der Waals surface area contributed by atoms with Crippen LogP contribution in [0.4, 0.5) is 13.2 Å². The van der Waals surface area contributed by atoms with Gasteiger partial charge in [-0.15, -0.1) is 0 Å². The first-order chi connectivity index (χ1) is 15.5. The van der Waals surface area contributed by atoms with E-state index in [2.05, 4.69) is 60.7 Å². The van der Waals surface area contributed by atoms with Gasteiger partial charge in [-0.2, -0.15) is 13.2 Å². The Morgan fingerprint density at radius 2 is 1.24 bits per heavy atom. The summed E-state index contributed by atoms with van der Waals surface area (Å²) in [5.74, 6) is -2.29. The summed E-state index contributed by atoms with van der Waals surface area (Å²) in [4.78, 5) is 0. The topological polar surface area (TPSA) is 77.4 Å². The van der Waals surface area contributed by atoms with Crippen LogP contribution in [0.3, 0.4) is 0 Å². The Labute approximate surface area is 191 Å². The van der Waals surface area contributed by atoms with Gasteiger partial charge >= 0.3 is 150 Å². The molecule has 9 heteroatoms. The predicted octanol–water partition coefficient (Wildman–Crippen LogP) is 4.99. The molecule has 0 spiro atoms. The van der Waals surface area contributed by atoms with Crippen molar-refractivity contribution in [2.45, 2.75) is 16.8 Å². The predicted molar refractivity (Wildman–Crippen MR) is 124 cm³/mol. The van der Waals surface area contributed by atoms with Gasteiger partial charge in [0, 0.05) is 0 Å². The summed E-state index contributed by atoms with van der Waals surface area (Å²) in [6, 6.07) is 22.2. The molecule has 1 heterocycles. The van der Waals surface area contributed by atoms with E-state index < -0.39 is 36.3 Å². The third-order valence-corrected chi connectivity index (χ3v) is 9.17. The monoisotopic (exact) mass is 538 g/mol. The summed E-state index contributed by atoms with van der Waals surface area (Å²) in [6.07, 6.45) is -4.92. The van der Waals surface area contributed by atoms with Gasteiger partial charge in [0.05, 0.1) is 0 Å². The van der Waals surface area contributed by atoms with Gasteiger partial charge < -0.3 is 4.55 Å². The summed E-state index contributed by atoms with van der Waals surface area (Å²) in [6.45, 7) is 0. The van der Waals surface area contributed by atoms with Crippen molar-refractivity contribution in [3.8, 4) is 0 Å². The zero-order valence-corrected chi connectivity index (χ0v) is 19.5. The number of fused-ring (bicyclic) bond motifs is 1. The molecule has 0 saturated carbocycles. The number of benzene rings is 5. The van der Waals surface area contributed by atoms with Crippen LogP contribution in [0, 0.1) is 0 Å². The molecule has 33 heavy (non-hydrogen) atoms. The van der Waals surface area contributed by atoms with Crippen molar-refractivity contribution in [2.24, 2.45) is 0 Å². The van der Waals surface area contributed by atoms with Gasteiger partial charge in [0.15, 0.2) is 0 Å². The Hall–Kier alpha value is -2.42. The second kappa shape index (κ2) is 7.82. The van der Waals surface area contributed by atoms with Crippen molar-refractivity contribution in [2.75, 3.05) is 5.75 Å². The van der Waals surface area contributed by atoms with E-state index in [0.29, 0.717) is 0 Å². The van der Waals surface area contributed by atoms with Gasteiger partial charge in [-0.25, -0.2) is 8.42 Å². The van der Waals surface area contributed by atoms with Crippen LogP contribution in [-0.2, 0) is 20.8 Å². The second-order valence-electron chi connectivity index (χ2n) is 8.07. The van der Waals surface area contributed by atoms with Gasteiger partial charge in [-0.05, 0) is 0 Å². The van der Waals surface area contributed by atoms with Crippen LogP contribution in [0.1, 0.15) is 11.1 Å². The molecule has 1 aliphatic rings. The Bertz CT molecular complexity index is 1530. The number of halogens is 3. The third-order valence-electron chi connectivity index (χ3n) is 5.79. The molecule has 4 nitrogen and oxygen atoms in total. The minimum absolute atomic E-state index is 0.859. The molecule has 1 aliphatic heterocycles. The maximum absolute atomic E-state index is 11.0. The normalized spacial score (nSPS) is 14.8. The first kappa shape index (κ1) is 22.4. The number of alkyl halides is 3. The molecule has 5 aromatic carbocycles. The second-order valence-corrected chi connectivity index (χ2v) is 12.6. The van der Waals surface area contributed by atoms with Gasteiger partial charge in [-0.1, -0.05) is 0 Å². The molecule has 0 aliphatic carbocycles. The van der Waals surface area contributed by atoms with Crippen molar-refractivity contribution in [1.82, 2.24) is 0 Å². The molecule has 0 aromatic heterocycles. The van der Waals surface area contributed by atoms with Crippen LogP contribution in [0.15, 0.2) is 60.7 Å². The van der Waals surface area contributed by atoms with Gasteiger partial charge in [0.25, 0.3) is 0 Å². The van der Waals surface area contributed by atoms with E-state index in [-0.39, 0.29) is 0 Å².